The molecule has 0 aromatic heterocycles. The van der Waals surface area contributed by atoms with Crippen LogP contribution < -0.4 is 10.2 Å². The Bertz CT molecular complexity index is 581. The molecule has 0 aliphatic carbocycles. The van der Waals surface area contributed by atoms with E-state index in [2.05, 4.69) is 0 Å². The van der Waals surface area contributed by atoms with Gasteiger partial charge >= 0.3 is 11.9 Å². The fourth-order valence-corrected chi connectivity index (χ4v) is 1.55. The molecule has 7 nitrogen and oxygen atoms in total. The van der Waals surface area contributed by atoms with Crippen LogP contribution in [-0.4, -0.2) is 29.5 Å². The lowest BCUT2D eigenvalue weighted by Crippen LogP contribution is -2.55. The molecule has 1 heterocycles. The van der Waals surface area contributed by atoms with Crippen molar-refractivity contribution in [1.29, 1.82) is 0 Å². The van der Waals surface area contributed by atoms with Gasteiger partial charge in [-0.15, -0.1) is 0 Å². The lowest BCUT2D eigenvalue weighted by Gasteiger charge is -2.29. The van der Waals surface area contributed by atoms with Crippen molar-refractivity contribution in [2.24, 2.45) is 0 Å². The molecule has 1 atom stereocenters. The second-order valence-electron chi connectivity index (χ2n) is 3.93. The number of nitrogens with one attached hydrogen (secondary N) is 1. The number of hydrogen-bond donors (Lipinski definition) is 1. The summed E-state index contributed by atoms with van der Waals surface area (Å²) in [6.07, 6.45) is -0.0457. The van der Waals surface area contributed by atoms with E-state index < -0.39 is 23.3 Å². The summed E-state index contributed by atoms with van der Waals surface area (Å²) in [4.78, 5) is 49.7. The van der Waals surface area contributed by atoms with Crippen LogP contribution in [0, 0.1) is 0 Å². The monoisotopic (exact) mass is 263 g/mol. The molecular weight excluding hydrogens is 254 g/mol. The van der Waals surface area contributed by atoms with E-state index >= 15 is 0 Å². The van der Waals surface area contributed by atoms with Crippen molar-refractivity contribution in [3.63, 3.8) is 0 Å². The Balaban J connectivity index is 2.32. The highest BCUT2D eigenvalue weighted by molar-refractivity contribution is 6.23. The molecule has 0 saturated carbocycles. The summed E-state index contributed by atoms with van der Waals surface area (Å²) >= 11 is 0. The molecule has 0 fully saturated rings. The van der Waals surface area contributed by atoms with E-state index in [9.17, 15) is 19.2 Å². The SMILES string of the molecule is CC1(ONC(=O)C=O)C(=O)Oc2ccccc2C1=O. The first-order chi connectivity index (χ1) is 8.99. The van der Waals surface area contributed by atoms with Crippen LogP contribution in [0.5, 0.6) is 5.75 Å². The predicted octanol–water partition coefficient (Wildman–Crippen LogP) is -0.206. The topological polar surface area (TPSA) is 98.8 Å². The normalized spacial score (nSPS) is 21.3. The maximum atomic E-state index is 12.2. The van der Waals surface area contributed by atoms with E-state index in [1.54, 1.807) is 17.6 Å². The van der Waals surface area contributed by atoms with E-state index in [4.69, 9.17) is 9.57 Å². The largest absolute Gasteiger partial charge is 0.423 e. The smallest absolute Gasteiger partial charge is 0.354 e. The predicted molar refractivity (Wildman–Crippen MR) is 60.1 cm³/mol. The van der Waals surface area contributed by atoms with Crippen LogP contribution in [-0.2, 0) is 19.2 Å². The number of para-hydroxylation sites is 1. The third-order valence-corrected chi connectivity index (χ3v) is 2.62. The number of benzene rings is 1. The highest BCUT2D eigenvalue weighted by atomic mass is 16.7. The number of esters is 1. The molecule has 0 saturated heterocycles. The number of fused-ring (bicyclic) bond motifs is 1. The molecule has 98 valence electrons. The van der Waals surface area contributed by atoms with Crippen LogP contribution in [0.25, 0.3) is 0 Å². The van der Waals surface area contributed by atoms with Crippen molar-refractivity contribution < 1.29 is 28.8 Å². The van der Waals surface area contributed by atoms with Gasteiger partial charge in [-0.1, -0.05) is 12.1 Å². The van der Waals surface area contributed by atoms with Gasteiger partial charge in [0.25, 0.3) is 5.60 Å². The minimum atomic E-state index is -2.02. The van der Waals surface area contributed by atoms with Gasteiger partial charge in [-0.25, -0.2) is 15.1 Å². The van der Waals surface area contributed by atoms with Gasteiger partial charge in [0.15, 0.2) is 0 Å². The first-order valence-electron chi connectivity index (χ1n) is 5.28. The van der Waals surface area contributed by atoms with Crippen molar-refractivity contribution in [1.82, 2.24) is 5.48 Å². The van der Waals surface area contributed by atoms with Gasteiger partial charge in [-0.3, -0.25) is 14.4 Å². The van der Waals surface area contributed by atoms with Crippen LogP contribution >= 0.6 is 0 Å². The first-order valence-corrected chi connectivity index (χ1v) is 5.28. The molecule has 0 bridgehead atoms. The molecule has 0 radical (unpaired) electrons. The zero-order chi connectivity index (χ0) is 14.0. The lowest BCUT2D eigenvalue weighted by atomic mass is 9.92. The Morgan fingerprint density at radius 2 is 2.05 bits per heavy atom. The number of aldehydes is 1. The average Bonchev–Trinajstić information content (AvgIpc) is 2.42. The van der Waals surface area contributed by atoms with E-state index in [0.29, 0.717) is 0 Å². The molecule has 1 unspecified atom stereocenters. The van der Waals surface area contributed by atoms with Crippen LogP contribution in [0.4, 0.5) is 0 Å². The maximum absolute atomic E-state index is 12.2. The number of hydrogen-bond acceptors (Lipinski definition) is 6. The van der Waals surface area contributed by atoms with Gasteiger partial charge in [0, 0.05) is 0 Å². The lowest BCUT2D eigenvalue weighted by molar-refractivity contribution is -0.168. The van der Waals surface area contributed by atoms with Crippen molar-refractivity contribution in [3.8, 4) is 5.75 Å². The fourth-order valence-electron chi connectivity index (χ4n) is 1.55. The van der Waals surface area contributed by atoms with Gasteiger partial charge in [0.2, 0.25) is 12.1 Å². The summed E-state index contributed by atoms with van der Waals surface area (Å²) in [5.41, 5.74) is -0.158. The van der Waals surface area contributed by atoms with E-state index in [1.165, 1.54) is 12.1 Å². The molecule has 19 heavy (non-hydrogen) atoms. The van der Waals surface area contributed by atoms with E-state index in [1.807, 2.05) is 0 Å². The average molecular weight is 263 g/mol. The van der Waals surface area contributed by atoms with E-state index in [0.717, 1.165) is 6.92 Å². The first kappa shape index (κ1) is 12.9. The number of carbonyl (C=O) groups excluding carboxylic acids is 4. The zero-order valence-corrected chi connectivity index (χ0v) is 9.84. The molecule has 2 rings (SSSR count). The van der Waals surface area contributed by atoms with Crippen molar-refractivity contribution in [3.05, 3.63) is 29.8 Å². The molecule has 1 aliphatic rings. The number of ether oxygens (including phenoxy) is 1. The maximum Gasteiger partial charge on any atom is 0.354 e. The highest BCUT2D eigenvalue weighted by Gasteiger charge is 2.50. The van der Waals surface area contributed by atoms with Gasteiger partial charge in [-0.2, -0.15) is 0 Å². The van der Waals surface area contributed by atoms with Crippen LogP contribution in [0.2, 0.25) is 0 Å². The minimum absolute atomic E-state index is 0.0457. The van der Waals surface area contributed by atoms with Crippen LogP contribution in [0.3, 0.4) is 0 Å². The molecule has 1 aromatic rings. The minimum Gasteiger partial charge on any atom is -0.423 e. The Hall–Kier alpha value is -2.54. The second kappa shape index (κ2) is 4.62. The Morgan fingerprint density at radius 3 is 2.74 bits per heavy atom. The molecule has 1 N–H and O–H groups in total. The van der Waals surface area contributed by atoms with Crippen LogP contribution in [0.15, 0.2) is 24.3 Å². The molecule has 1 aromatic carbocycles. The molecular formula is C12H9NO6. The molecule has 7 heteroatoms. The number of hydroxylamine groups is 1. The Morgan fingerprint density at radius 1 is 1.37 bits per heavy atom. The number of ketones is 1. The summed E-state index contributed by atoms with van der Waals surface area (Å²) in [6, 6.07) is 6.14. The number of Topliss-reactive ketones (excluding diaryl/α,β-unsaturated/α-hetero) is 1. The van der Waals surface area contributed by atoms with E-state index in [-0.39, 0.29) is 17.6 Å². The van der Waals surface area contributed by atoms with Crippen LogP contribution in [0.1, 0.15) is 17.3 Å². The number of rotatable bonds is 3. The third kappa shape index (κ3) is 2.11. The van der Waals surface area contributed by atoms with Crippen molar-refractivity contribution >= 4 is 23.9 Å². The van der Waals surface area contributed by atoms with Gasteiger partial charge in [0.1, 0.15) is 5.75 Å². The highest BCUT2D eigenvalue weighted by Crippen LogP contribution is 2.31. The molecule has 0 spiro atoms. The van der Waals surface area contributed by atoms with Gasteiger partial charge < -0.3 is 4.74 Å². The summed E-state index contributed by atoms with van der Waals surface area (Å²) < 4.78 is 4.96. The van der Waals surface area contributed by atoms with Crippen molar-refractivity contribution in [2.45, 2.75) is 12.5 Å². The molecule has 1 aliphatic heterocycles. The molecule has 1 amide bonds. The summed E-state index contributed by atoms with van der Waals surface area (Å²) in [5, 5.41) is 0. The number of amides is 1. The Kier molecular flexibility index (Phi) is 3.14. The number of carbonyl (C=O) groups is 4. The van der Waals surface area contributed by atoms with Crippen molar-refractivity contribution in [2.75, 3.05) is 0 Å². The van der Waals surface area contributed by atoms with Gasteiger partial charge in [-0.05, 0) is 19.1 Å². The quantitative estimate of drug-likeness (QED) is 0.202. The second-order valence-corrected chi connectivity index (χ2v) is 3.93. The summed E-state index contributed by atoms with van der Waals surface area (Å²) in [5.74, 6) is -2.62. The zero-order valence-electron chi connectivity index (χ0n) is 9.84. The summed E-state index contributed by atoms with van der Waals surface area (Å²) in [7, 11) is 0. The Labute approximate surface area is 107 Å². The summed E-state index contributed by atoms with van der Waals surface area (Å²) in [6.45, 7) is 1.15. The van der Waals surface area contributed by atoms with Gasteiger partial charge in [0.05, 0.1) is 5.56 Å². The fraction of sp³-hybridized carbons (Fsp3) is 0.167. The third-order valence-electron chi connectivity index (χ3n) is 2.62. The standard InChI is InChI=1S/C12H9NO6/c1-12(19-13-9(15)6-14)10(16)7-4-2-3-5-8(7)18-11(12)17/h2-6H,1H3,(H,13,15).